The average molecular weight is 469 g/mol. The minimum atomic E-state index is 0.118. The molecule has 2 heterocycles. The third kappa shape index (κ3) is 4.75. The van der Waals surface area contributed by atoms with Gasteiger partial charge in [0.05, 0.1) is 20.2 Å². The number of carbonyl (C=O) groups excluding carboxylic acids is 1. The number of ether oxygens (including phenoxy) is 1. The summed E-state index contributed by atoms with van der Waals surface area (Å²) in [5.74, 6) is 2.13. The molecule has 156 valence electrons. The molecule has 1 aliphatic rings. The van der Waals surface area contributed by atoms with E-state index in [-0.39, 0.29) is 5.78 Å². The lowest BCUT2D eigenvalue weighted by atomic mass is 10.1. The van der Waals surface area contributed by atoms with Crippen LogP contribution >= 0.6 is 15.9 Å². The zero-order valence-corrected chi connectivity index (χ0v) is 18.8. The van der Waals surface area contributed by atoms with Gasteiger partial charge in [-0.2, -0.15) is 0 Å². The number of benzene rings is 2. The summed E-state index contributed by atoms with van der Waals surface area (Å²) in [6, 6.07) is 15.6. The van der Waals surface area contributed by atoms with Gasteiger partial charge < -0.3 is 10.1 Å². The number of ketones is 1. The van der Waals surface area contributed by atoms with Gasteiger partial charge in [-0.25, -0.2) is 9.13 Å². The molecule has 3 aromatic rings. The maximum absolute atomic E-state index is 12.9. The van der Waals surface area contributed by atoms with E-state index < -0.39 is 0 Å². The van der Waals surface area contributed by atoms with E-state index in [1.54, 1.807) is 7.11 Å². The Hall–Kier alpha value is -2.60. The number of hydrogen-bond donors (Lipinski definition) is 1. The summed E-state index contributed by atoms with van der Waals surface area (Å²) in [5.41, 5.74) is 3.02. The number of methoxy groups -OCH3 is 1. The Morgan fingerprint density at radius 2 is 1.87 bits per heavy atom. The van der Waals surface area contributed by atoms with Crippen LogP contribution in [0.25, 0.3) is 0 Å². The minimum Gasteiger partial charge on any atom is -0.497 e. The highest BCUT2D eigenvalue weighted by Gasteiger charge is 2.26. The molecule has 5 nitrogen and oxygen atoms in total. The zero-order chi connectivity index (χ0) is 20.9. The molecule has 0 saturated carbocycles. The van der Waals surface area contributed by atoms with Crippen molar-refractivity contribution in [1.29, 1.82) is 0 Å². The Kier molecular flexibility index (Phi) is 6.53. The SMILES string of the molecule is COc1ccc(C(=O)C[n+]2cc(CNc3ccc(Br)cc3)n3c2CCCCC3)cc1. The molecule has 0 spiro atoms. The predicted octanol–water partition coefficient (Wildman–Crippen LogP) is 4.77. The van der Waals surface area contributed by atoms with Crippen molar-refractivity contribution in [3.8, 4) is 5.75 Å². The quantitative estimate of drug-likeness (QED) is 0.401. The minimum absolute atomic E-state index is 0.118. The molecule has 0 unspecified atom stereocenters. The number of Topliss-reactive ketones (excluding diaryl/α,β-unsaturated/α-hetero) is 1. The van der Waals surface area contributed by atoms with E-state index in [4.69, 9.17) is 4.74 Å². The van der Waals surface area contributed by atoms with Gasteiger partial charge in [0.1, 0.15) is 11.9 Å². The number of fused-ring (bicyclic) bond motifs is 1. The molecule has 1 aromatic heterocycles. The number of halogens is 1. The van der Waals surface area contributed by atoms with Crippen LogP contribution in [0.4, 0.5) is 5.69 Å². The fourth-order valence-electron chi connectivity index (χ4n) is 3.99. The van der Waals surface area contributed by atoms with Crippen LogP contribution in [0.5, 0.6) is 5.75 Å². The molecule has 6 heteroatoms. The predicted molar refractivity (Wildman–Crippen MR) is 121 cm³/mol. The second kappa shape index (κ2) is 9.47. The first-order valence-electron chi connectivity index (χ1n) is 10.4. The van der Waals surface area contributed by atoms with E-state index >= 15 is 0 Å². The highest BCUT2D eigenvalue weighted by atomic mass is 79.9. The lowest BCUT2D eigenvalue weighted by molar-refractivity contribution is -0.690. The van der Waals surface area contributed by atoms with Crippen molar-refractivity contribution in [2.75, 3.05) is 12.4 Å². The average Bonchev–Trinajstić information content (AvgIpc) is 2.93. The molecule has 1 N–H and O–H groups in total. The van der Waals surface area contributed by atoms with E-state index in [1.165, 1.54) is 30.8 Å². The second-order valence-electron chi connectivity index (χ2n) is 7.64. The van der Waals surface area contributed by atoms with Gasteiger partial charge in [-0.05, 0) is 67.8 Å². The number of imidazole rings is 1. The summed E-state index contributed by atoms with van der Waals surface area (Å²) in [6.45, 7) is 2.11. The molecule has 0 atom stereocenters. The van der Waals surface area contributed by atoms with E-state index in [2.05, 4.69) is 48.7 Å². The van der Waals surface area contributed by atoms with Crippen molar-refractivity contribution in [2.24, 2.45) is 0 Å². The molecule has 30 heavy (non-hydrogen) atoms. The van der Waals surface area contributed by atoms with Crippen LogP contribution < -0.4 is 14.6 Å². The smallest absolute Gasteiger partial charge is 0.257 e. The van der Waals surface area contributed by atoms with Crippen molar-refractivity contribution >= 4 is 27.4 Å². The maximum Gasteiger partial charge on any atom is 0.257 e. The summed E-state index contributed by atoms with van der Waals surface area (Å²) < 4.78 is 10.8. The first kappa shape index (κ1) is 20.7. The van der Waals surface area contributed by atoms with Crippen LogP contribution in [-0.4, -0.2) is 17.5 Å². The monoisotopic (exact) mass is 468 g/mol. The van der Waals surface area contributed by atoms with Crippen molar-refractivity contribution < 1.29 is 14.1 Å². The van der Waals surface area contributed by atoms with Gasteiger partial charge in [0.25, 0.3) is 5.82 Å². The molecule has 0 bridgehead atoms. The molecule has 0 amide bonds. The normalized spacial score (nSPS) is 13.4. The topological polar surface area (TPSA) is 47.1 Å². The van der Waals surface area contributed by atoms with Crippen molar-refractivity contribution in [3.63, 3.8) is 0 Å². The lowest BCUT2D eigenvalue weighted by Crippen LogP contribution is -2.40. The van der Waals surface area contributed by atoms with Gasteiger partial charge in [0.2, 0.25) is 5.78 Å². The number of anilines is 1. The van der Waals surface area contributed by atoms with Crippen LogP contribution in [0, 0.1) is 0 Å². The summed E-state index contributed by atoms with van der Waals surface area (Å²) in [7, 11) is 1.63. The number of nitrogens with one attached hydrogen (secondary N) is 1. The van der Waals surface area contributed by atoms with Crippen LogP contribution in [0.15, 0.2) is 59.2 Å². The van der Waals surface area contributed by atoms with E-state index in [1.807, 2.05) is 36.4 Å². The Bertz CT molecular complexity index is 1010. The molecule has 0 saturated heterocycles. The first-order valence-corrected chi connectivity index (χ1v) is 11.2. The van der Waals surface area contributed by atoms with Gasteiger partial charge >= 0.3 is 0 Å². The largest absolute Gasteiger partial charge is 0.497 e. The Morgan fingerprint density at radius 3 is 2.60 bits per heavy atom. The molecular formula is C24H27BrN3O2+. The standard InChI is InChI=1S/C24H27BrN3O2/c1-30-22-12-6-18(7-13-22)23(29)17-27-16-21(28-14-4-2-3-5-24(27)28)15-26-20-10-8-19(25)9-11-20/h6-13,16,26H,2-5,14-15,17H2,1H3/q+1. The van der Waals surface area contributed by atoms with Gasteiger partial charge in [-0.15, -0.1) is 0 Å². The summed E-state index contributed by atoms with van der Waals surface area (Å²) in [4.78, 5) is 12.9. The van der Waals surface area contributed by atoms with E-state index in [0.29, 0.717) is 12.1 Å². The van der Waals surface area contributed by atoms with Crippen LogP contribution in [0.2, 0.25) is 0 Å². The van der Waals surface area contributed by atoms with E-state index in [9.17, 15) is 4.79 Å². The molecule has 1 aliphatic heterocycles. The number of rotatable bonds is 7. The van der Waals surface area contributed by atoms with Gasteiger partial charge in [-0.1, -0.05) is 15.9 Å². The highest BCUT2D eigenvalue weighted by molar-refractivity contribution is 9.10. The van der Waals surface area contributed by atoms with Crippen LogP contribution in [0.1, 0.15) is 41.1 Å². The highest BCUT2D eigenvalue weighted by Crippen LogP contribution is 2.19. The molecule has 0 fully saturated rings. The number of carbonyl (C=O) groups is 1. The molecular weight excluding hydrogens is 442 g/mol. The number of aromatic nitrogens is 2. The van der Waals surface area contributed by atoms with Crippen LogP contribution in [-0.2, 0) is 26.1 Å². The second-order valence-corrected chi connectivity index (χ2v) is 8.55. The van der Waals surface area contributed by atoms with Crippen molar-refractivity contribution in [2.45, 2.75) is 45.3 Å². The van der Waals surface area contributed by atoms with Crippen LogP contribution in [0.3, 0.4) is 0 Å². The van der Waals surface area contributed by atoms with Crippen molar-refractivity contribution in [3.05, 3.63) is 76.3 Å². The van der Waals surface area contributed by atoms with Gasteiger partial charge in [0, 0.05) is 22.1 Å². The number of hydrogen-bond acceptors (Lipinski definition) is 3. The van der Waals surface area contributed by atoms with Crippen molar-refractivity contribution in [1.82, 2.24) is 4.57 Å². The molecule has 2 aromatic carbocycles. The Balaban J connectivity index is 1.54. The first-order chi connectivity index (χ1) is 14.6. The van der Waals surface area contributed by atoms with Gasteiger partial charge in [0.15, 0.2) is 12.2 Å². The van der Waals surface area contributed by atoms with E-state index in [0.717, 1.165) is 35.4 Å². The number of nitrogens with zero attached hydrogens (tertiary/aromatic N) is 2. The lowest BCUT2D eigenvalue weighted by Gasteiger charge is -2.06. The summed E-state index contributed by atoms with van der Waals surface area (Å²) in [6.07, 6.45) is 6.73. The molecule has 0 radical (unpaired) electrons. The fraction of sp³-hybridized carbons (Fsp3) is 0.333. The fourth-order valence-corrected chi connectivity index (χ4v) is 4.25. The van der Waals surface area contributed by atoms with Gasteiger partial charge in [-0.3, -0.25) is 4.79 Å². The maximum atomic E-state index is 12.9. The zero-order valence-electron chi connectivity index (χ0n) is 17.2. The third-order valence-electron chi connectivity index (χ3n) is 5.62. The Morgan fingerprint density at radius 1 is 1.10 bits per heavy atom. The summed E-state index contributed by atoms with van der Waals surface area (Å²) >= 11 is 3.48. The Labute approximate surface area is 185 Å². The molecule has 4 rings (SSSR count). The molecule has 0 aliphatic carbocycles. The summed E-state index contributed by atoms with van der Waals surface area (Å²) in [5, 5.41) is 3.52. The third-order valence-corrected chi connectivity index (χ3v) is 6.15.